The van der Waals surface area contributed by atoms with Crippen LogP contribution < -0.4 is 0 Å². The predicted octanol–water partition coefficient (Wildman–Crippen LogP) is 11.5. The van der Waals surface area contributed by atoms with E-state index in [0.29, 0.717) is 0 Å². The fourth-order valence-corrected chi connectivity index (χ4v) is 7.11. The van der Waals surface area contributed by atoms with E-state index in [1.807, 2.05) is 6.07 Å². The lowest BCUT2D eigenvalue weighted by molar-refractivity contribution is 0.754. The molecule has 0 amide bonds. The first-order valence-electron chi connectivity index (χ1n) is 16.8. The highest BCUT2D eigenvalue weighted by atomic mass is 15.0. The molecule has 0 saturated carbocycles. The van der Waals surface area contributed by atoms with Gasteiger partial charge in [0.25, 0.3) is 0 Å². The maximum Gasteiger partial charge on any atom is 0.155 e. The summed E-state index contributed by atoms with van der Waals surface area (Å²) in [6.45, 7) is 0. The molecule has 0 fully saturated rings. The molecule has 0 saturated heterocycles. The van der Waals surface area contributed by atoms with Crippen LogP contribution in [0.2, 0.25) is 0 Å². The lowest BCUT2D eigenvalue weighted by Crippen LogP contribution is -2.17. The molecule has 0 bridgehead atoms. The number of hydrogen-bond acceptors (Lipinski definition) is 2. The van der Waals surface area contributed by atoms with Crippen LogP contribution in [-0.2, 0) is 0 Å². The van der Waals surface area contributed by atoms with E-state index < -0.39 is 0 Å². The van der Waals surface area contributed by atoms with E-state index in [9.17, 15) is 0 Å². The minimum Gasteiger partial charge on any atom is -0.309 e. The Bertz CT molecular complexity index is 2450. The zero-order chi connectivity index (χ0) is 32.6. The third-order valence-corrected chi connectivity index (χ3v) is 9.55. The average molecular weight is 628 g/mol. The fraction of sp³-hybridized carbons (Fsp3) is 0.0435. The zero-order valence-electron chi connectivity index (χ0n) is 26.9. The Hall–Kier alpha value is -6.32. The highest BCUT2D eigenvalue weighted by Crippen LogP contribution is 2.35. The van der Waals surface area contributed by atoms with Gasteiger partial charge in [-0.3, -0.25) is 4.99 Å². The first-order chi connectivity index (χ1) is 24.3. The number of fused-ring (bicyclic) bond motifs is 3. The molecule has 232 valence electrons. The highest BCUT2D eigenvalue weighted by Gasteiger charge is 2.22. The van der Waals surface area contributed by atoms with Crippen molar-refractivity contribution in [3.8, 4) is 27.9 Å². The van der Waals surface area contributed by atoms with Crippen LogP contribution in [0.15, 0.2) is 192 Å². The summed E-state index contributed by atoms with van der Waals surface area (Å²) < 4.78 is 2.37. The number of para-hydroxylation sites is 2. The maximum absolute atomic E-state index is 5.20. The van der Waals surface area contributed by atoms with Crippen molar-refractivity contribution >= 4 is 33.4 Å². The minimum absolute atomic E-state index is 0.0326. The quantitative estimate of drug-likeness (QED) is 0.176. The second-order valence-electron chi connectivity index (χ2n) is 12.6. The fourth-order valence-electron chi connectivity index (χ4n) is 7.11. The van der Waals surface area contributed by atoms with Crippen molar-refractivity contribution in [3.63, 3.8) is 0 Å². The van der Waals surface area contributed by atoms with Gasteiger partial charge in [0, 0.05) is 28.4 Å². The minimum atomic E-state index is -0.0326. The Kier molecular flexibility index (Phi) is 7.29. The van der Waals surface area contributed by atoms with E-state index in [4.69, 9.17) is 9.98 Å². The Morgan fingerprint density at radius 3 is 1.65 bits per heavy atom. The molecule has 0 spiro atoms. The molecule has 2 heterocycles. The normalized spacial score (nSPS) is 14.5. The maximum atomic E-state index is 5.20. The lowest BCUT2D eigenvalue weighted by atomic mass is 9.93. The molecule has 49 heavy (non-hydrogen) atoms. The first-order valence-corrected chi connectivity index (χ1v) is 16.8. The topological polar surface area (TPSA) is 29.6 Å². The summed E-state index contributed by atoms with van der Waals surface area (Å²) in [7, 11) is 0. The predicted molar refractivity (Wildman–Crippen MR) is 205 cm³/mol. The van der Waals surface area contributed by atoms with Crippen LogP contribution in [0.5, 0.6) is 0 Å². The molecular weight excluding hydrogens is 595 g/mol. The van der Waals surface area contributed by atoms with Gasteiger partial charge < -0.3 is 4.57 Å². The summed E-state index contributed by atoms with van der Waals surface area (Å²) in [4.78, 5) is 10.4. The van der Waals surface area contributed by atoms with E-state index >= 15 is 0 Å². The molecule has 1 aliphatic heterocycles. The largest absolute Gasteiger partial charge is 0.309 e. The van der Waals surface area contributed by atoms with Crippen molar-refractivity contribution in [2.45, 2.75) is 12.5 Å². The molecule has 8 aromatic rings. The summed E-state index contributed by atoms with van der Waals surface area (Å²) in [6, 6.07) is 64.7. The average Bonchev–Trinajstić information content (AvgIpc) is 3.53. The van der Waals surface area contributed by atoms with E-state index in [0.717, 1.165) is 40.3 Å². The smallest absolute Gasteiger partial charge is 0.155 e. The van der Waals surface area contributed by atoms with Gasteiger partial charge in [0.05, 0.1) is 22.8 Å². The summed E-state index contributed by atoms with van der Waals surface area (Å²) in [5.41, 5.74) is 12.7. The van der Waals surface area contributed by atoms with Crippen molar-refractivity contribution in [1.29, 1.82) is 0 Å². The van der Waals surface area contributed by atoms with Crippen molar-refractivity contribution in [3.05, 3.63) is 199 Å². The molecule has 7 aromatic carbocycles. The van der Waals surface area contributed by atoms with Gasteiger partial charge in [-0.15, -0.1) is 0 Å². The third-order valence-electron chi connectivity index (χ3n) is 9.55. The molecule has 3 nitrogen and oxygen atoms in total. The monoisotopic (exact) mass is 627 g/mol. The lowest BCUT2D eigenvalue weighted by Gasteiger charge is -2.22. The van der Waals surface area contributed by atoms with Gasteiger partial charge in [-0.1, -0.05) is 152 Å². The Labute approximate surface area is 286 Å². The number of aromatic nitrogens is 1. The zero-order valence-corrected chi connectivity index (χ0v) is 26.9. The molecule has 0 N–H and O–H groups in total. The van der Waals surface area contributed by atoms with Crippen LogP contribution in [0.3, 0.4) is 0 Å². The van der Waals surface area contributed by atoms with Crippen LogP contribution in [0.25, 0.3) is 49.7 Å². The molecule has 0 radical (unpaired) electrons. The van der Waals surface area contributed by atoms with E-state index in [-0.39, 0.29) is 6.04 Å². The number of benzene rings is 7. The Morgan fingerprint density at radius 2 is 0.959 bits per heavy atom. The van der Waals surface area contributed by atoms with Crippen LogP contribution in [0.1, 0.15) is 29.2 Å². The van der Waals surface area contributed by atoms with Crippen molar-refractivity contribution in [2.24, 2.45) is 9.98 Å². The first kappa shape index (κ1) is 28.9. The molecule has 1 aliphatic rings. The van der Waals surface area contributed by atoms with Gasteiger partial charge >= 0.3 is 0 Å². The van der Waals surface area contributed by atoms with Crippen LogP contribution in [0.4, 0.5) is 0 Å². The molecule has 1 unspecified atom stereocenters. The standard InChI is InChI=1S/C46H33N3/c1-3-13-32(14-4-1)33-25-27-34(28-26-33)42-31-43(48-46(47-42)35-15-5-2-6-16-35)38-19-11-17-36(29-38)37-18-12-20-39(30-37)49-44-23-9-7-21-40(44)41-22-8-10-24-45(41)49/h1-30,42H,31H2. The Balaban J connectivity index is 1.09. The van der Waals surface area contributed by atoms with Crippen LogP contribution in [-0.4, -0.2) is 16.1 Å². The van der Waals surface area contributed by atoms with Crippen LogP contribution in [0, 0.1) is 0 Å². The summed E-state index contributed by atoms with van der Waals surface area (Å²) in [6.07, 6.45) is 0.728. The van der Waals surface area contributed by atoms with Crippen molar-refractivity contribution in [2.75, 3.05) is 0 Å². The van der Waals surface area contributed by atoms with E-state index in [1.165, 1.54) is 44.1 Å². The number of nitrogens with zero attached hydrogens (tertiary/aromatic N) is 3. The number of hydrogen-bond donors (Lipinski definition) is 0. The van der Waals surface area contributed by atoms with Crippen LogP contribution >= 0.6 is 0 Å². The van der Waals surface area contributed by atoms with Crippen molar-refractivity contribution in [1.82, 2.24) is 4.57 Å². The van der Waals surface area contributed by atoms with Gasteiger partial charge in [0.2, 0.25) is 0 Å². The molecule has 1 atom stereocenters. The van der Waals surface area contributed by atoms with E-state index in [1.54, 1.807) is 0 Å². The molecule has 1 aromatic heterocycles. The van der Waals surface area contributed by atoms with E-state index in [2.05, 4.69) is 180 Å². The summed E-state index contributed by atoms with van der Waals surface area (Å²) in [5, 5.41) is 2.53. The second-order valence-corrected chi connectivity index (χ2v) is 12.6. The second kappa shape index (κ2) is 12.4. The third kappa shape index (κ3) is 5.46. The molecular formula is C46H33N3. The summed E-state index contributed by atoms with van der Waals surface area (Å²) >= 11 is 0. The Morgan fingerprint density at radius 1 is 0.429 bits per heavy atom. The highest BCUT2D eigenvalue weighted by molar-refractivity contribution is 6.14. The van der Waals surface area contributed by atoms with Gasteiger partial charge in [-0.25, -0.2) is 4.99 Å². The number of amidine groups is 1. The summed E-state index contributed by atoms with van der Waals surface area (Å²) in [5.74, 6) is 0.776. The SMILES string of the molecule is c1ccc(C2=NC(c3ccc(-c4ccccc4)cc3)CC(c3cccc(-c4cccc(-n5c6ccccc6c6ccccc65)c4)c3)=N2)cc1. The molecule has 3 heteroatoms. The molecule has 0 aliphatic carbocycles. The number of rotatable bonds is 6. The van der Waals surface area contributed by atoms with Gasteiger partial charge in [0.1, 0.15) is 0 Å². The van der Waals surface area contributed by atoms with Gasteiger partial charge in [-0.2, -0.15) is 0 Å². The van der Waals surface area contributed by atoms with Gasteiger partial charge in [0.15, 0.2) is 5.84 Å². The van der Waals surface area contributed by atoms with Gasteiger partial charge in [-0.05, 0) is 63.7 Å². The van der Waals surface area contributed by atoms with Crippen molar-refractivity contribution < 1.29 is 0 Å². The number of aliphatic imine (C=N–C) groups is 2. The molecule has 9 rings (SSSR count).